The normalized spacial score (nSPS) is 14.2. The van der Waals surface area contributed by atoms with Gasteiger partial charge in [0.25, 0.3) is 0 Å². The fourth-order valence-electron chi connectivity index (χ4n) is 3.53. The van der Waals surface area contributed by atoms with E-state index in [1.807, 2.05) is 19.9 Å². The molecule has 3 aromatic rings. The Bertz CT molecular complexity index is 1170. The zero-order valence-corrected chi connectivity index (χ0v) is 19.6. The van der Waals surface area contributed by atoms with Gasteiger partial charge in [0.1, 0.15) is 17.8 Å². The van der Waals surface area contributed by atoms with Crippen LogP contribution in [0.1, 0.15) is 16.7 Å². The number of rotatable bonds is 1. The maximum Gasteiger partial charge on any atom is 0.416 e. The van der Waals surface area contributed by atoms with Crippen LogP contribution >= 0.6 is 15.9 Å². The SMILES string of the molecule is Cc1cc(-c2cccc(C(F)(F)F)c2)nc2c1OCCN2.Cc1cc(Br)nc2c1OCCN2. The molecule has 0 saturated heterocycles. The molecule has 0 radical (unpaired) electrons. The number of alkyl halides is 3. The summed E-state index contributed by atoms with van der Waals surface area (Å²) in [5, 5.41) is 6.28. The summed E-state index contributed by atoms with van der Waals surface area (Å²) in [7, 11) is 0. The number of ether oxygens (including phenoxy) is 2. The molecule has 5 rings (SSSR count). The summed E-state index contributed by atoms with van der Waals surface area (Å²) < 4.78 is 50.2. The highest BCUT2D eigenvalue weighted by Crippen LogP contribution is 2.35. The summed E-state index contributed by atoms with van der Waals surface area (Å²) in [5.41, 5.74) is 2.21. The van der Waals surface area contributed by atoms with Crippen LogP contribution in [-0.2, 0) is 6.18 Å². The van der Waals surface area contributed by atoms with Gasteiger partial charge in [0.2, 0.25) is 0 Å². The average Bonchev–Trinajstić information content (AvgIpc) is 2.79. The van der Waals surface area contributed by atoms with E-state index in [2.05, 4.69) is 36.5 Å². The second-order valence-corrected chi connectivity index (χ2v) is 8.38. The van der Waals surface area contributed by atoms with Crippen molar-refractivity contribution in [2.75, 3.05) is 36.9 Å². The first kappa shape index (κ1) is 23.2. The highest BCUT2D eigenvalue weighted by molar-refractivity contribution is 9.10. The summed E-state index contributed by atoms with van der Waals surface area (Å²) in [6.45, 7) is 6.60. The van der Waals surface area contributed by atoms with Gasteiger partial charge in [-0.15, -0.1) is 0 Å². The molecule has 4 heterocycles. The largest absolute Gasteiger partial charge is 0.488 e. The third kappa shape index (κ3) is 5.32. The molecule has 2 aromatic heterocycles. The van der Waals surface area contributed by atoms with Crippen molar-refractivity contribution in [3.63, 3.8) is 0 Å². The lowest BCUT2D eigenvalue weighted by molar-refractivity contribution is -0.137. The Labute approximate surface area is 197 Å². The van der Waals surface area contributed by atoms with Gasteiger partial charge in [-0.25, -0.2) is 9.97 Å². The minimum absolute atomic E-state index is 0.433. The first-order valence-electron chi connectivity index (χ1n) is 10.3. The van der Waals surface area contributed by atoms with Gasteiger partial charge < -0.3 is 20.1 Å². The summed E-state index contributed by atoms with van der Waals surface area (Å²) in [4.78, 5) is 8.62. The lowest BCUT2D eigenvalue weighted by Gasteiger charge is -2.21. The molecule has 0 aliphatic carbocycles. The molecule has 2 N–H and O–H groups in total. The lowest BCUT2D eigenvalue weighted by Crippen LogP contribution is -2.20. The highest BCUT2D eigenvalue weighted by atomic mass is 79.9. The van der Waals surface area contributed by atoms with Crippen molar-refractivity contribution in [2.45, 2.75) is 20.0 Å². The molecule has 0 spiro atoms. The second kappa shape index (κ2) is 9.46. The summed E-state index contributed by atoms with van der Waals surface area (Å²) in [6, 6.07) is 8.85. The van der Waals surface area contributed by atoms with Crippen LogP contribution in [-0.4, -0.2) is 36.3 Å². The van der Waals surface area contributed by atoms with Crippen LogP contribution in [0.2, 0.25) is 0 Å². The van der Waals surface area contributed by atoms with Crippen molar-refractivity contribution in [3.8, 4) is 22.8 Å². The Morgan fingerprint density at radius 1 is 0.879 bits per heavy atom. The van der Waals surface area contributed by atoms with E-state index in [-0.39, 0.29) is 0 Å². The van der Waals surface area contributed by atoms with Crippen molar-refractivity contribution in [1.82, 2.24) is 9.97 Å². The topological polar surface area (TPSA) is 68.3 Å². The number of aromatic nitrogens is 2. The second-order valence-electron chi connectivity index (χ2n) is 7.57. The van der Waals surface area contributed by atoms with E-state index in [0.29, 0.717) is 36.0 Å². The van der Waals surface area contributed by atoms with E-state index in [1.54, 1.807) is 12.1 Å². The summed E-state index contributed by atoms with van der Waals surface area (Å²) in [6.07, 6.45) is -4.36. The van der Waals surface area contributed by atoms with Crippen LogP contribution in [0.25, 0.3) is 11.3 Å². The highest BCUT2D eigenvalue weighted by Gasteiger charge is 2.30. The number of aryl methyl sites for hydroxylation is 2. The maximum atomic E-state index is 12.8. The van der Waals surface area contributed by atoms with E-state index in [9.17, 15) is 13.2 Å². The predicted molar refractivity (Wildman–Crippen MR) is 124 cm³/mol. The molecule has 10 heteroatoms. The van der Waals surface area contributed by atoms with E-state index in [0.717, 1.165) is 52.6 Å². The third-order valence-electron chi connectivity index (χ3n) is 5.05. The van der Waals surface area contributed by atoms with Gasteiger partial charge in [-0.1, -0.05) is 12.1 Å². The number of hydrogen-bond donors (Lipinski definition) is 2. The molecule has 33 heavy (non-hydrogen) atoms. The smallest absolute Gasteiger partial charge is 0.416 e. The molecule has 0 unspecified atom stereocenters. The van der Waals surface area contributed by atoms with Crippen LogP contribution in [0.4, 0.5) is 24.8 Å². The van der Waals surface area contributed by atoms with Crippen LogP contribution in [0.5, 0.6) is 11.5 Å². The van der Waals surface area contributed by atoms with Gasteiger partial charge in [-0.3, -0.25) is 0 Å². The number of halogens is 4. The molecule has 1 aromatic carbocycles. The van der Waals surface area contributed by atoms with Crippen LogP contribution in [0, 0.1) is 13.8 Å². The summed E-state index contributed by atoms with van der Waals surface area (Å²) in [5.74, 6) is 2.96. The molecule has 0 saturated carbocycles. The van der Waals surface area contributed by atoms with Crippen molar-refractivity contribution in [1.29, 1.82) is 0 Å². The number of benzene rings is 1. The quantitative estimate of drug-likeness (QED) is 0.391. The van der Waals surface area contributed by atoms with Crippen LogP contribution in [0.15, 0.2) is 41.0 Å². The molecule has 6 nitrogen and oxygen atoms in total. The van der Waals surface area contributed by atoms with E-state index >= 15 is 0 Å². The van der Waals surface area contributed by atoms with Gasteiger partial charge >= 0.3 is 6.18 Å². The summed E-state index contributed by atoms with van der Waals surface area (Å²) >= 11 is 3.33. The number of pyridine rings is 2. The first-order chi connectivity index (χ1) is 15.7. The average molecular weight is 523 g/mol. The zero-order chi connectivity index (χ0) is 23.6. The minimum atomic E-state index is -4.36. The fraction of sp³-hybridized carbons (Fsp3) is 0.304. The van der Waals surface area contributed by atoms with E-state index < -0.39 is 11.7 Å². The van der Waals surface area contributed by atoms with Gasteiger partial charge in [0.15, 0.2) is 23.1 Å². The third-order valence-corrected chi connectivity index (χ3v) is 5.46. The Kier molecular flexibility index (Phi) is 6.64. The Balaban J connectivity index is 0.000000183. The van der Waals surface area contributed by atoms with Gasteiger partial charge in [0, 0.05) is 5.56 Å². The first-order valence-corrected chi connectivity index (χ1v) is 11.1. The number of fused-ring (bicyclic) bond motifs is 2. The lowest BCUT2D eigenvalue weighted by atomic mass is 10.1. The van der Waals surface area contributed by atoms with Gasteiger partial charge in [0.05, 0.1) is 24.3 Å². The number of hydrogen-bond acceptors (Lipinski definition) is 6. The number of anilines is 2. The van der Waals surface area contributed by atoms with Crippen molar-refractivity contribution >= 4 is 27.6 Å². The molecule has 0 fully saturated rings. The number of nitrogens with zero attached hydrogens (tertiary/aromatic N) is 2. The number of nitrogens with one attached hydrogen (secondary N) is 2. The predicted octanol–water partition coefficient (Wildman–Crippen LogP) is 5.84. The van der Waals surface area contributed by atoms with Gasteiger partial charge in [-0.2, -0.15) is 13.2 Å². The fourth-order valence-corrected chi connectivity index (χ4v) is 4.05. The molecule has 0 amide bonds. The molecule has 2 aliphatic heterocycles. The molecular formula is C23H22BrF3N4O2. The van der Waals surface area contributed by atoms with E-state index in [4.69, 9.17) is 9.47 Å². The molecule has 0 atom stereocenters. The molecule has 174 valence electrons. The molecule has 0 bridgehead atoms. The Hall–Kier alpha value is -3.01. The van der Waals surface area contributed by atoms with Gasteiger partial charge in [-0.05, 0) is 65.2 Å². The minimum Gasteiger partial charge on any atom is -0.488 e. The van der Waals surface area contributed by atoms with Crippen molar-refractivity contribution in [3.05, 3.63) is 57.7 Å². The maximum absolute atomic E-state index is 12.8. The van der Waals surface area contributed by atoms with Crippen molar-refractivity contribution < 1.29 is 22.6 Å². The standard InChI is InChI=1S/C15H13F3N2O.C8H9BrN2O/c1-9-7-12(20-14-13(9)21-6-5-19-14)10-3-2-4-11(8-10)15(16,17)18;1-5-4-6(9)11-8-7(5)12-3-2-10-8/h2-4,7-8H,5-6H2,1H3,(H,19,20);4H,2-3H2,1H3,(H,10,11). The Morgan fingerprint density at radius 3 is 2.12 bits per heavy atom. The molecule has 2 aliphatic rings. The van der Waals surface area contributed by atoms with Crippen LogP contribution < -0.4 is 20.1 Å². The zero-order valence-electron chi connectivity index (χ0n) is 18.0. The molecular weight excluding hydrogens is 501 g/mol. The Morgan fingerprint density at radius 2 is 1.48 bits per heavy atom. The van der Waals surface area contributed by atoms with E-state index in [1.165, 1.54) is 6.07 Å². The van der Waals surface area contributed by atoms with Crippen LogP contribution in [0.3, 0.4) is 0 Å². The monoisotopic (exact) mass is 522 g/mol. The van der Waals surface area contributed by atoms with Crippen molar-refractivity contribution in [2.24, 2.45) is 0 Å².